The van der Waals surface area contributed by atoms with Crippen LogP contribution in [0.3, 0.4) is 0 Å². The number of hydrogen-bond acceptors (Lipinski definition) is 5. The van der Waals surface area contributed by atoms with Gasteiger partial charge in [0, 0.05) is 24.3 Å². The van der Waals surface area contributed by atoms with E-state index < -0.39 is 11.4 Å². The van der Waals surface area contributed by atoms with Crippen molar-refractivity contribution in [3.8, 4) is 11.1 Å². The van der Waals surface area contributed by atoms with Crippen LogP contribution in [0.4, 0.5) is 5.82 Å². The number of aryl methyl sites for hydroxylation is 1. The minimum atomic E-state index is -1.31. The Hall–Kier alpha value is -4.46. The molecular weight excluding hydrogens is 444 g/mol. The average Bonchev–Trinajstić information content (AvgIpc) is 2.87. The Balaban J connectivity index is 1.37. The summed E-state index contributed by atoms with van der Waals surface area (Å²) in [6, 6.07) is 18.9. The van der Waals surface area contributed by atoms with E-state index in [9.17, 15) is 14.4 Å². The van der Waals surface area contributed by atoms with E-state index >= 15 is 0 Å². The van der Waals surface area contributed by atoms with Gasteiger partial charge in [0.25, 0.3) is 5.91 Å². The van der Waals surface area contributed by atoms with Crippen LogP contribution in [0.5, 0.6) is 0 Å². The van der Waals surface area contributed by atoms with Gasteiger partial charge in [-0.2, -0.15) is 0 Å². The Bertz CT molecular complexity index is 1430. The molecule has 2 aromatic heterocycles. The Morgan fingerprint density at radius 3 is 2.29 bits per heavy atom. The molecule has 0 fully saturated rings. The lowest BCUT2D eigenvalue weighted by Crippen LogP contribution is -2.37. The highest BCUT2D eigenvalue weighted by molar-refractivity contribution is 5.95. The number of carboxylic acid groups (broad SMARTS) is 1. The molecule has 4 N–H and O–H groups in total. The first-order chi connectivity index (χ1) is 16.9. The Morgan fingerprint density at radius 1 is 1.00 bits per heavy atom. The van der Waals surface area contributed by atoms with Gasteiger partial charge < -0.3 is 20.7 Å². The molecule has 4 rings (SSSR count). The number of aromatic nitrogens is 2. The largest absolute Gasteiger partial charge is 0.477 e. The summed E-state index contributed by atoms with van der Waals surface area (Å²) in [5.74, 6) is -1.10. The fourth-order valence-corrected chi connectivity index (χ4v) is 3.71. The van der Waals surface area contributed by atoms with Gasteiger partial charge in [-0.1, -0.05) is 43.3 Å². The number of anilines is 1. The summed E-state index contributed by atoms with van der Waals surface area (Å²) in [5.41, 5.74) is 3.44. The first-order valence-corrected chi connectivity index (χ1v) is 11.4. The molecule has 2 heterocycles. The number of H-pyrrole nitrogens is 1. The molecule has 8 heteroatoms. The van der Waals surface area contributed by atoms with Crippen molar-refractivity contribution in [2.24, 2.45) is 0 Å². The van der Waals surface area contributed by atoms with E-state index in [1.807, 2.05) is 19.1 Å². The number of fused-ring (bicyclic) bond motifs is 1. The zero-order valence-corrected chi connectivity index (χ0v) is 19.5. The van der Waals surface area contributed by atoms with Gasteiger partial charge in [-0.05, 0) is 54.3 Å². The number of nitrogens with one attached hydrogen (secondary N) is 3. The number of hydrogen-bond donors (Lipinski definition) is 4. The number of amides is 1. The SMILES string of the molecule is CCc1ccc(-c2ccc(C(=O)N[C@@H](C)CNc3ccc4[nH]cc(C(=O)O)c(=O)c4n3)cc2)cc1. The smallest absolute Gasteiger partial charge is 0.341 e. The Kier molecular flexibility index (Phi) is 6.91. The van der Waals surface area contributed by atoms with E-state index in [4.69, 9.17) is 5.11 Å². The number of benzene rings is 2. The summed E-state index contributed by atoms with van der Waals surface area (Å²) in [6.45, 7) is 4.34. The molecular formula is C27H26N4O4. The third-order valence-electron chi connectivity index (χ3n) is 5.77. The second kappa shape index (κ2) is 10.2. The molecule has 0 radical (unpaired) electrons. The molecule has 1 amide bonds. The predicted octanol–water partition coefficient (Wildman–Crippen LogP) is 4.08. The number of aromatic amines is 1. The Morgan fingerprint density at radius 2 is 1.66 bits per heavy atom. The van der Waals surface area contributed by atoms with Gasteiger partial charge >= 0.3 is 5.97 Å². The number of aromatic carboxylic acids is 1. The van der Waals surface area contributed by atoms with Gasteiger partial charge in [-0.3, -0.25) is 9.59 Å². The molecule has 178 valence electrons. The maximum absolute atomic E-state index is 12.7. The van der Waals surface area contributed by atoms with E-state index in [0.29, 0.717) is 23.4 Å². The number of carbonyl (C=O) groups is 2. The maximum Gasteiger partial charge on any atom is 0.341 e. The van der Waals surface area contributed by atoms with Crippen LogP contribution in [0.2, 0.25) is 0 Å². The van der Waals surface area contributed by atoms with Gasteiger partial charge in [-0.15, -0.1) is 0 Å². The van der Waals surface area contributed by atoms with E-state index in [1.165, 1.54) is 5.56 Å². The van der Waals surface area contributed by atoms with Gasteiger partial charge in [0.1, 0.15) is 16.9 Å². The first kappa shape index (κ1) is 23.7. The first-order valence-electron chi connectivity index (χ1n) is 11.4. The monoisotopic (exact) mass is 470 g/mol. The van der Waals surface area contributed by atoms with Crippen LogP contribution in [0.1, 0.15) is 40.1 Å². The molecule has 2 aromatic carbocycles. The van der Waals surface area contributed by atoms with Crippen molar-refractivity contribution < 1.29 is 14.7 Å². The van der Waals surface area contributed by atoms with Gasteiger partial charge in [0.15, 0.2) is 0 Å². The summed E-state index contributed by atoms with van der Waals surface area (Å²) in [4.78, 5) is 43.2. The van der Waals surface area contributed by atoms with Crippen molar-refractivity contribution in [2.75, 3.05) is 11.9 Å². The second-order valence-electron chi connectivity index (χ2n) is 8.31. The molecule has 8 nitrogen and oxygen atoms in total. The van der Waals surface area contributed by atoms with Crippen molar-refractivity contribution in [1.29, 1.82) is 0 Å². The predicted molar refractivity (Wildman–Crippen MR) is 136 cm³/mol. The number of carboxylic acids is 1. The molecule has 0 unspecified atom stereocenters. The third kappa shape index (κ3) is 5.38. The zero-order chi connectivity index (χ0) is 24.9. The van der Waals surface area contributed by atoms with Crippen LogP contribution < -0.4 is 16.1 Å². The van der Waals surface area contributed by atoms with Gasteiger partial charge in [0.2, 0.25) is 5.43 Å². The van der Waals surface area contributed by atoms with Crippen molar-refractivity contribution >= 4 is 28.7 Å². The quantitative estimate of drug-likeness (QED) is 0.308. The number of rotatable bonds is 8. The standard InChI is InChI=1S/C27H26N4O4/c1-3-17-4-6-18(7-5-17)19-8-10-20(11-9-19)26(33)30-16(2)14-29-23-13-12-22-24(31-23)25(32)21(15-28-22)27(34)35/h4-13,15-16H,3,14H2,1-2H3,(H,28,32)(H,29,31)(H,30,33)(H,34,35)/t16-/m0/s1. The fraction of sp³-hybridized carbons (Fsp3) is 0.185. The van der Waals surface area contributed by atoms with Crippen molar-refractivity contribution in [3.05, 3.63) is 93.8 Å². The third-order valence-corrected chi connectivity index (χ3v) is 5.77. The van der Waals surface area contributed by atoms with Gasteiger partial charge in [-0.25, -0.2) is 9.78 Å². The van der Waals surface area contributed by atoms with E-state index in [-0.39, 0.29) is 23.0 Å². The van der Waals surface area contributed by atoms with Crippen LogP contribution in [-0.4, -0.2) is 39.5 Å². The Labute approximate surface area is 202 Å². The van der Waals surface area contributed by atoms with E-state index in [1.54, 1.807) is 24.3 Å². The summed E-state index contributed by atoms with van der Waals surface area (Å²) < 4.78 is 0. The summed E-state index contributed by atoms with van der Waals surface area (Å²) in [7, 11) is 0. The zero-order valence-electron chi connectivity index (χ0n) is 19.5. The molecule has 4 aromatic rings. The molecule has 0 aliphatic rings. The minimum Gasteiger partial charge on any atom is -0.477 e. The second-order valence-corrected chi connectivity index (χ2v) is 8.31. The number of carbonyl (C=O) groups excluding carboxylic acids is 1. The lowest BCUT2D eigenvalue weighted by molar-refractivity contribution is 0.0695. The molecule has 35 heavy (non-hydrogen) atoms. The number of nitrogens with zero attached hydrogens (tertiary/aromatic N) is 1. The topological polar surface area (TPSA) is 124 Å². The van der Waals surface area contributed by atoms with Crippen LogP contribution in [-0.2, 0) is 6.42 Å². The molecule has 1 atom stereocenters. The van der Waals surface area contributed by atoms with Crippen LogP contribution in [0.25, 0.3) is 22.2 Å². The summed E-state index contributed by atoms with van der Waals surface area (Å²) in [6.07, 6.45) is 2.15. The van der Waals surface area contributed by atoms with Crippen molar-refractivity contribution in [3.63, 3.8) is 0 Å². The summed E-state index contributed by atoms with van der Waals surface area (Å²) >= 11 is 0. The highest BCUT2D eigenvalue weighted by Gasteiger charge is 2.14. The maximum atomic E-state index is 12.7. The van der Waals surface area contributed by atoms with Crippen molar-refractivity contribution in [1.82, 2.24) is 15.3 Å². The van der Waals surface area contributed by atoms with Crippen LogP contribution in [0.15, 0.2) is 71.7 Å². The van der Waals surface area contributed by atoms with Crippen LogP contribution >= 0.6 is 0 Å². The highest BCUT2D eigenvalue weighted by Crippen LogP contribution is 2.20. The molecule has 0 aliphatic carbocycles. The highest BCUT2D eigenvalue weighted by atomic mass is 16.4. The molecule has 0 saturated carbocycles. The average molecular weight is 471 g/mol. The summed E-state index contributed by atoms with van der Waals surface area (Å²) in [5, 5.41) is 15.2. The lowest BCUT2D eigenvalue weighted by atomic mass is 10.0. The molecule has 0 bridgehead atoms. The fourth-order valence-electron chi connectivity index (χ4n) is 3.71. The van der Waals surface area contributed by atoms with Crippen LogP contribution in [0, 0.1) is 0 Å². The lowest BCUT2D eigenvalue weighted by Gasteiger charge is -2.15. The normalized spacial score (nSPS) is 11.7. The molecule has 0 spiro atoms. The number of pyridine rings is 2. The minimum absolute atomic E-state index is 0.0380. The molecule has 0 aliphatic heterocycles. The molecule has 0 saturated heterocycles. The van der Waals surface area contributed by atoms with E-state index in [0.717, 1.165) is 23.7 Å². The van der Waals surface area contributed by atoms with E-state index in [2.05, 4.69) is 51.8 Å². The van der Waals surface area contributed by atoms with Crippen molar-refractivity contribution in [2.45, 2.75) is 26.3 Å². The van der Waals surface area contributed by atoms with Gasteiger partial charge in [0.05, 0.1) is 5.52 Å².